The Balaban J connectivity index is 1.55. The van der Waals surface area contributed by atoms with Crippen molar-refractivity contribution < 1.29 is 40.2 Å². The number of fused-ring (bicyclic) bond motifs is 2. The number of aliphatic hydroxyl groups excluding tert-OH is 4. The van der Waals surface area contributed by atoms with Crippen LogP contribution in [0.4, 0.5) is 0 Å². The summed E-state index contributed by atoms with van der Waals surface area (Å²) in [5.74, 6) is -1.81. The first-order valence-corrected chi connectivity index (χ1v) is 14.7. The molecule has 2 bridgehead atoms. The van der Waals surface area contributed by atoms with Gasteiger partial charge in [0.2, 0.25) is 0 Å². The van der Waals surface area contributed by atoms with Gasteiger partial charge in [-0.15, -0.1) is 0 Å². The smallest absolute Gasteiger partial charge is 0.257 e. The van der Waals surface area contributed by atoms with E-state index in [4.69, 9.17) is 15.2 Å². The number of carbonyl (C=O) groups is 2. The topological polar surface area (TPSA) is 199 Å². The molecular weight excluding hydrogens is 582 g/mol. The van der Waals surface area contributed by atoms with Gasteiger partial charge in [-0.05, 0) is 55.7 Å². The average Bonchev–Trinajstić information content (AvgIpc) is 2.99. The van der Waals surface area contributed by atoms with Crippen LogP contribution in [0.25, 0.3) is 0 Å². The number of hydrogen-bond acceptors (Lipinski definition) is 11. The summed E-state index contributed by atoms with van der Waals surface area (Å²) in [4.78, 5) is 34.4. The number of benzene rings is 2. The van der Waals surface area contributed by atoms with Crippen molar-refractivity contribution in [2.45, 2.75) is 58.9 Å². The summed E-state index contributed by atoms with van der Waals surface area (Å²) in [5, 5.41) is 64.0. The largest absolute Gasteiger partial charge is 0.507 e. The fraction of sp³-hybridized carbons (Fsp3) is 0.406. The van der Waals surface area contributed by atoms with Gasteiger partial charge in [0.15, 0.2) is 0 Å². The molecule has 2 amide bonds. The van der Waals surface area contributed by atoms with Crippen molar-refractivity contribution in [3.8, 4) is 11.5 Å². The Morgan fingerprint density at radius 2 is 1.20 bits per heavy atom. The van der Waals surface area contributed by atoms with Gasteiger partial charge in [0, 0.05) is 50.4 Å². The van der Waals surface area contributed by atoms with E-state index in [1.807, 2.05) is 18.2 Å². The molecule has 13 heteroatoms. The van der Waals surface area contributed by atoms with Crippen LogP contribution in [-0.2, 0) is 26.2 Å². The quantitative estimate of drug-likeness (QED) is 0.147. The van der Waals surface area contributed by atoms with Crippen LogP contribution in [0.2, 0.25) is 0 Å². The number of nitrogens with one attached hydrogen (secondary N) is 2. The third-order valence-corrected chi connectivity index (χ3v) is 7.47. The first kappa shape index (κ1) is 33.8. The minimum absolute atomic E-state index is 0.00162. The number of aliphatic hydroxyl groups is 4. The number of phenols is 2. The van der Waals surface area contributed by atoms with E-state index in [9.17, 15) is 30.0 Å². The van der Waals surface area contributed by atoms with E-state index in [-0.39, 0.29) is 22.6 Å². The second-order valence-electron chi connectivity index (χ2n) is 11.4. The molecule has 242 valence electrons. The SMILES string of the molecule is Cc1cc(CN2CCCN(Cc3cc(C)cc(C(=O)NC(O)CO)c3O)Cc3cccc(n3)C2)c(O)c(C(=O)NC(O)CO)c1. The molecule has 0 fully saturated rings. The van der Waals surface area contributed by atoms with Crippen LogP contribution in [0, 0.1) is 13.8 Å². The van der Waals surface area contributed by atoms with E-state index < -0.39 is 37.5 Å². The number of amides is 2. The second kappa shape index (κ2) is 15.3. The standard InChI is InChI=1S/C32H41N5O8/c1-19-9-21(29(42)25(11-19)31(44)34-27(40)17-38)13-36-7-4-8-37(16-24-6-3-5-23(15-36)33-24)14-22-10-20(2)12-26(30(22)43)32(45)35-28(41)18-39/h3,5-6,9-12,27-28,38-43H,4,7-8,13-18H2,1-2H3,(H,34,44)(H,35,45). The van der Waals surface area contributed by atoms with Crippen molar-refractivity contribution >= 4 is 11.8 Å². The molecule has 2 aromatic carbocycles. The highest BCUT2D eigenvalue weighted by Crippen LogP contribution is 2.29. The van der Waals surface area contributed by atoms with Gasteiger partial charge in [0.25, 0.3) is 11.8 Å². The first-order chi connectivity index (χ1) is 21.5. The predicted molar refractivity (Wildman–Crippen MR) is 164 cm³/mol. The summed E-state index contributed by atoms with van der Waals surface area (Å²) < 4.78 is 0. The Morgan fingerprint density at radius 3 is 1.60 bits per heavy atom. The van der Waals surface area contributed by atoms with Crippen molar-refractivity contribution in [2.24, 2.45) is 0 Å². The number of aromatic hydroxyl groups is 2. The molecule has 2 atom stereocenters. The van der Waals surface area contributed by atoms with Gasteiger partial charge in [-0.3, -0.25) is 24.4 Å². The Morgan fingerprint density at radius 1 is 0.778 bits per heavy atom. The monoisotopic (exact) mass is 623 g/mol. The lowest BCUT2D eigenvalue weighted by Gasteiger charge is -2.28. The molecule has 13 nitrogen and oxygen atoms in total. The van der Waals surface area contributed by atoms with Gasteiger partial charge in [-0.25, -0.2) is 0 Å². The third kappa shape index (κ3) is 8.97. The van der Waals surface area contributed by atoms with Crippen molar-refractivity contribution in [1.29, 1.82) is 0 Å². The minimum atomic E-state index is -1.45. The van der Waals surface area contributed by atoms with Gasteiger partial charge in [0.05, 0.1) is 35.7 Å². The number of aryl methyl sites for hydroxylation is 2. The summed E-state index contributed by atoms with van der Waals surface area (Å²) in [6.07, 6.45) is -2.18. The zero-order valence-electron chi connectivity index (χ0n) is 25.4. The van der Waals surface area contributed by atoms with Crippen LogP contribution in [0.3, 0.4) is 0 Å². The molecular formula is C32H41N5O8. The van der Waals surface area contributed by atoms with E-state index in [0.717, 1.165) is 28.9 Å². The maximum Gasteiger partial charge on any atom is 0.257 e. The summed E-state index contributed by atoms with van der Waals surface area (Å²) >= 11 is 0. The fourth-order valence-corrected chi connectivity index (χ4v) is 5.44. The number of pyridine rings is 1. The molecule has 1 aromatic heterocycles. The van der Waals surface area contributed by atoms with Gasteiger partial charge < -0.3 is 41.3 Å². The molecule has 0 radical (unpaired) electrons. The molecule has 0 spiro atoms. The molecule has 3 aromatic rings. The van der Waals surface area contributed by atoms with E-state index >= 15 is 0 Å². The van der Waals surface area contributed by atoms with Crippen LogP contribution in [0.15, 0.2) is 42.5 Å². The van der Waals surface area contributed by atoms with Gasteiger partial charge in [-0.2, -0.15) is 0 Å². The molecule has 0 aliphatic carbocycles. The van der Waals surface area contributed by atoms with Gasteiger partial charge in [0.1, 0.15) is 24.0 Å². The molecule has 8 N–H and O–H groups in total. The molecule has 1 aliphatic rings. The molecule has 4 rings (SSSR count). The van der Waals surface area contributed by atoms with Gasteiger partial charge >= 0.3 is 0 Å². The van der Waals surface area contributed by atoms with Crippen LogP contribution in [0.1, 0.15) is 60.8 Å². The highest BCUT2D eigenvalue weighted by atomic mass is 16.3. The molecule has 2 unspecified atom stereocenters. The lowest BCUT2D eigenvalue weighted by molar-refractivity contribution is 0.0540. The minimum Gasteiger partial charge on any atom is -0.507 e. The highest BCUT2D eigenvalue weighted by molar-refractivity contribution is 5.98. The molecule has 45 heavy (non-hydrogen) atoms. The summed E-state index contributed by atoms with van der Waals surface area (Å²) in [7, 11) is 0. The van der Waals surface area contributed by atoms with E-state index in [1.54, 1.807) is 26.0 Å². The molecule has 0 saturated carbocycles. The number of nitrogens with zero attached hydrogens (tertiary/aromatic N) is 3. The lowest BCUT2D eigenvalue weighted by Crippen LogP contribution is -2.37. The Hall–Kier alpha value is -4.11. The average molecular weight is 624 g/mol. The third-order valence-electron chi connectivity index (χ3n) is 7.47. The molecule has 1 aliphatic heterocycles. The van der Waals surface area contributed by atoms with E-state index in [0.29, 0.717) is 50.4 Å². The zero-order valence-corrected chi connectivity index (χ0v) is 25.4. The highest BCUT2D eigenvalue weighted by Gasteiger charge is 2.22. The first-order valence-electron chi connectivity index (χ1n) is 14.7. The fourth-order valence-electron chi connectivity index (χ4n) is 5.44. The second-order valence-corrected chi connectivity index (χ2v) is 11.4. The van der Waals surface area contributed by atoms with Crippen LogP contribution >= 0.6 is 0 Å². The van der Waals surface area contributed by atoms with Crippen molar-refractivity contribution in [2.75, 3.05) is 26.3 Å². The molecule has 2 heterocycles. The van der Waals surface area contributed by atoms with Gasteiger partial charge in [-0.1, -0.05) is 18.2 Å². The number of rotatable bonds is 10. The summed E-state index contributed by atoms with van der Waals surface area (Å²) in [5.41, 5.74) is 4.21. The maximum atomic E-state index is 12.7. The Bertz CT molecular complexity index is 1410. The summed E-state index contributed by atoms with van der Waals surface area (Å²) in [6, 6.07) is 12.4. The predicted octanol–water partition coefficient (Wildman–Crippen LogP) is 0.599. The zero-order chi connectivity index (χ0) is 32.7. The van der Waals surface area contributed by atoms with Crippen LogP contribution in [-0.4, -0.2) is 96.0 Å². The van der Waals surface area contributed by atoms with Crippen molar-refractivity contribution in [1.82, 2.24) is 25.4 Å². The number of phenolic OH excluding ortho intramolecular Hbond substituents is 2. The van der Waals surface area contributed by atoms with Crippen molar-refractivity contribution in [3.05, 3.63) is 87.2 Å². The maximum absolute atomic E-state index is 12.7. The van der Waals surface area contributed by atoms with Crippen molar-refractivity contribution in [3.63, 3.8) is 0 Å². The number of hydrogen-bond donors (Lipinski definition) is 8. The summed E-state index contributed by atoms with van der Waals surface area (Å²) in [6.45, 7) is 5.17. The number of aromatic nitrogens is 1. The van der Waals surface area contributed by atoms with E-state index in [2.05, 4.69) is 20.4 Å². The van der Waals surface area contributed by atoms with E-state index in [1.165, 1.54) is 12.1 Å². The van der Waals surface area contributed by atoms with Crippen LogP contribution in [0.5, 0.6) is 11.5 Å². The lowest BCUT2D eigenvalue weighted by atomic mass is 10.0. The van der Waals surface area contributed by atoms with Crippen LogP contribution < -0.4 is 10.6 Å². The Labute approximate surface area is 261 Å². The number of carbonyl (C=O) groups excluding carboxylic acids is 2. The Kier molecular flexibility index (Phi) is 11.4. The normalized spacial score (nSPS) is 15.7. The molecule has 0 saturated heterocycles.